The third kappa shape index (κ3) is 2.23. The normalized spacial score (nSPS) is 23.9. The molecule has 2 amide bonds. The van der Waals surface area contributed by atoms with Gasteiger partial charge in [0.2, 0.25) is 11.8 Å². The molecule has 6 heteroatoms. The molecule has 6 rings (SSSR count). The smallest absolute Gasteiger partial charge is 0.246 e. The van der Waals surface area contributed by atoms with Gasteiger partial charge in [0.25, 0.3) is 0 Å². The van der Waals surface area contributed by atoms with E-state index < -0.39 is 12.1 Å². The van der Waals surface area contributed by atoms with Crippen LogP contribution in [0.15, 0.2) is 59.2 Å². The number of piperazine rings is 1. The molecule has 0 radical (unpaired) electrons. The van der Waals surface area contributed by atoms with Gasteiger partial charge in [-0.1, -0.05) is 24.3 Å². The maximum atomic E-state index is 13.2. The molecule has 2 N–H and O–H groups in total. The Morgan fingerprint density at radius 1 is 1.10 bits per heavy atom. The lowest BCUT2D eigenvalue weighted by Gasteiger charge is -2.45. The summed E-state index contributed by atoms with van der Waals surface area (Å²) in [5.41, 5.74) is 4.88. The topological polar surface area (TPSA) is 78.3 Å². The minimum Gasteiger partial charge on any atom is -0.464 e. The number of para-hydroxylation sites is 1. The summed E-state index contributed by atoms with van der Waals surface area (Å²) in [4.78, 5) is 31.4. The molecule has 2 aromatic carbocycles. The van der Waals surface area contributed by atoms with E-state index in [1.807, 2.05) is 42.5 Å². The lowest BCUT2D eigenvalue weighted by Crippen LogP contribution is -2.65. The first-order valence-electron chi connectivity index (χ1n) is 9.81. The largest absolute Gasteiger partial charge is 0.464 e. The molecule has 29 heavy (non-hydrogen) atoms. The Hall–Kier alpha value is -3.54. The average molecular weight is 385 g/mol. The molecule has 4 aromatic rings. The molecule has 0 unspecified atom stereocenters. The fraction of sp³-hybridized carbons (Fsp3) is 0.217. The van der Waals surface area contributed by atoms with Crippen LogP contribution in [0, 0.1) is 0 Å². The average Bonchev–Trinajstić information content (AvgIpc) is 3.34. The van der Waals surface area contributed by atoms with Gasteiger partial charge in [0.1, 0.15) is 17.7 Å². The Morgan fingerprint density at radius 2 is 1.97 bits per heavy atom. The van der Waals surface area contributed by atoms with Gasteiger partial charge in [0.05, 0.1) is 12.3 Å². The van der Waals surface area contributed by atoms with Crippen molar-refractivity contribution < 1.29 is 14.0 Å². The van der Waals surface area contributed by atoms with E-state index in [0.717, 1.165) is 38.7 Å². The Kier molecular flexibility index (Phi) is 3.25. The van der Waals surface area contributed by atoms with Gasteiger partial charge < -0.3 is 19.6 Å². The second-order valence-electron chi connectivity index (χ2n) is 7.88. The number of furan rings is 1. The molecule has 0 spiro atoms. The van der Waals surface area contributed by atoms with Crippen LogP contribution in [0.5, 0.6) is 0 Å². The second kappa shape index (κ2) is 5.73. The third-order valence-corrected chi connectivity index (χ3v) is 6.21. The zero-order chi connectivity index (χ0) is 19.7. The molecule has 3 atom stereocenters. The van der Waals surface area contributed by atoms with Crippen LogP contribution in [0.1, 0.15) is 29.8 Å². The Morgan fingerprint density at radius 3 is 2.86 bits per heavy atom. The van der Waals surface area contributed by atoms with Crippen molar-refractivity contribution in [2.45, 2.75) is 31.5 Å². The standard InChI is InChI=1S/C23H19N3O3/c1-12-23(28)26-18(22(27)24-12)11-16-15-4-2-3-5-17(15)25-20(16)21(26)14-6-7-19-13(10-14)8-9-29-19/h2-10,12,18,21,25H,11H2,1H3,(H,24,27)/t12-,18+,21+/m0/s1. The lowest BCUT2D eigenvalue weighted by atomic mass is 9.85. The summed E-state index contributed by atoms with van der Waals surface area (Å²) in [6, 6.07) is 14.6. The van der Waals surface area contributed by atoms with Crippen molar-refractivity contribution in [2.24, 2.45) is 0 Å². The van der Waals surface area contributed by atoms with Gasteiger partial charge in [-0.2, -0.15) is 0 Å². The number of hydrogen-bond donors (Lipinski definition) is 2. The molecule has 1 fully saturated rings. The van der Waals surface area contributed by atoms with Crippen LogP contribution in [0.25, 0.3) is 21.9 Å². The Bertz CT molecular complexity index is 1300. The highest BCUT2D eigenvalue weighted by Crippen LogP contribution is 2.42. The highest BCUT2D eigenvalue weighted by Gasteiger charge is 2.47. The van der Waals surface area contributed by atoms with Crippen molar-refractivity contribution in [3.8, 4) is 0 Å². The highest BCUT2D eigenvalue weighted by atomic mass is 16.3. The summed E-state index contributed by atoms with van der Waals surface area (Å²) in [7, 11) is 0. The maximum absolute atomic E-state index is 13.2. The van der Waals surface area contributed by atoms with Crippen molar-refractivity contribution in [1.29, 1.82) is 0 Å². The summed E-state index contributed by atoms with van der Waals surface area (Å²) >= 11 is 0. The second-order valence-corrected chi connectivity index (χ2v) is 7.88. The van der Waals surface area contributed by atoms with Gasteiger partial charge >= 0.3 is 0 Å². The fourth-order valence-electron chi connectivity index (χ4n) is 4.86. The highest BCUT2D eigenvalue weighted by molar-refractivity contribution is 5.99. The molecule has 144 valence electrons. The van der Waals surface area contributed by atoms with Crippen LogP contribution in [0.3, 0.4) is 0 Å². The number of aromatic nitrogens is 1. The van der Waals surface area contributed by atoms with Gasteiger partial charge in [-0.15, -0.1) is 0 Å². The quantitative estimate of drug-likeness (QED) is 0.528. The van der Waals surface area contributed by atoms with Crippen molar-refractivity contribution in [2.75, 3.05) is 0 Å². The van der Waals surface area contributed by atoms with Gasteiger partial charge in [-0.05, 0) is 42.3 Å². The van der Waals surface area contributed by atoms with Crippen molar-refractivity contribution in [3.05, 3.63) is 71.6 Å². The molecule has 1 saturated heterocycles. The summed E-state index contributed by atoms with van der Waals surface area (Å²) < 4.78 is 5.49. The summed E-state index contributed by atoms with van der Waals surface area (Å²) in [6.07, 6.45) is 2.17. The molecule has 0 saturated carbocycles. The Labute approximate surface area is 166 Å². The van der Waals surface area contributed by atoms with Gasteiger partial charge in [0.15, 0.2) is 0 Å². The van der Waals surface area contributed by atoms with E-state index in [4.69, 9.17) is 4.42 Å². The third-order valence-electron chi connectivity index (χ3n) is 6.21. The van der Waals surface area contributed by atoms with E-state index in [-0.39, 0.29) is 17.9 Å². The van der Waals surface area contributed by atoms with Crippen molar-refractivity contribution in [1.82, 2.24) is 15.2 Å². The number of nitrogens with one attached hydrogen (secondary N) is 2. The van der Waals surface area contributed by atoms with E-state index in [1.54, 1.807) is 18.1 Å². The molecule has 0 aliphatic carbocycles. The molecule has 0 bridgehead atoms. The van der Waals surface area contributed by atoms with E-state index in [1.165, 1.54) is 0 Å². The van der Waals surface area contributed by atoms with E-state index in [0.29, 0.717) is 6.42 Å². The summed E-state index contributed by atoms with van der Waals surface area (Å²) in [5.74, 6) is -0.154. The maximum Gasteiger partial charge on any atom is 0.246 e. The van der Waals surface area contributed by atoms with Gasteiger partial charge in [0, 0.05) is 28.4 Å². The van der Waals surface area contributed by atoms with E-state index >= 15 is 0 Å². The van der Waals surface area contributed by atoms with Crippen LogP contribution in [-0.4, -0.2) is 33.8 Å². The number of amides is 2. The predicted octanol–water partition coefficient (Wildman–Crippen LogP) is 3.28. The monoisotopic (exact) mass is 385 g/mol. The number of carbonyl (C=O) groups is 2. The molecule has 2 aliphatic rings. The van der Waals surface area contributed by atoms with Gasteiger partial charge in [-0.25, -0.2) is 0 Å². The van der Waals surface area contributed by atoms with Crippen LogP contribution < -0.4 is 5.32 Å². The minimum atomic E-state index is -0.537. The van der Waals surface area contributed by atoms with Crippen molar-refractivity contribution >= 4 is 33.7 Å². The number of hydrogen-bond acceptors (Lipinski definition) is 3. The molecule has 2 aliphatic heterocycles. The zero-order valence-electron chi connectivity index (χ0n) is 15.8. The number of nitrogens with zero attached hydrogens (tertiary/aromatic N) is 1. The summed E-state index contributed by atoms with van der Waals surface area (Å²) in [6.45, 7) is 1.74. The van der Waals surface area contributed by atoms with E-state index in [2.05, 4.69) is 16.4 Å². The lowest BCUT2D eigenvalue weighted by molar-refractivity contribution is -0.151. The van der Waals surface area contributed by atoms with Crippen LogP contribution in [0.2, 0.25) is 0 Å². The molecular weight excluding hydrogens is 366 g/mol. The van der Waals surface area contributed by atoms with E-state index in [9.17, 15) is 9.59 Å². The van der Waals surface area contributed by atoms with Crippen LogP contribution >= 0.6 is 0 Å². The minimum absolute atomic E-state index is 0.0591. The van der Waals surface area contributed by atoms with Crippen LogP contribution in [0.4, 0.5) is 0 Å². The first kappa shape index (κ1) is 16.4. The van der Waals surface area contributed by atoms with Crippen LogP contribution in [-0.2, 0) is 16.0 Å². The number of benzene rings is 2. The number of fused-ring (bicyclic) bond motifs is 5. The SMILES string of the molecule is C[C@@H]1NC(=O)[C@H]2Cc3c([nH]c4ccccc34)[C@@H](c3ccc4occc4c3)N2C1=O. The molecule has 2 aromatic heterocycles. The number of aromatic amines is 1. The molecule has 4 heterocycles. The van der Waals surface area contributed by atoms with Crippen molar-refractivity contribution in [3.63, 3.8) is 0 Å². The number of H-pyrrole nitrogens is 1. The van der Waals surface area contributed by atoms with Gasteiger partial charge in [-0.3, -0.25) is 9.59 Å². The predicted molar refractivity (Wildman–Crippen MR) is 108 cm³/mol. The zero-order valence-corrected chi connectivity index (χ0v) is 15.8. The Balaban J connectivity index is 1.63. The molecular formula is C23H19N3O3. The number of rotatable bonds is 1. The molecule has 6 nitrogen and oxygen atoms in total. The summed E-state index contributed by atoms with van der Waals surface area (Å²) in [5, 5.41) is 4.92. The first-order chi connectivity index (χ1) is 14.1. The number of carbonyl (C=O) groups excluding carboxylic acids is 2. The fourth-order valence-corrected chi connectivity index (χ4v) is 4.86. The first-order valence-corrected chi connectivity index (χ1v) is 9.81.